The van der Waals surface area contributed by atoms with E-state index in [1.54, 1.807) is 4.90 Å². The molecule has 0 bridgehead atoms. The van der Waals surface area contributed by atoms with Crippen LogP contribution in [0.15, 0.2) is 18.2 Å². The molecule has 1 fully saturated rings. The number of carbonyl (C=O) groups is 2. The van der Waals surface area contributed by atoms with Crippen LogP contribution in [0.5, 0.6) is 0 Å². The van der Waals surface area contributed by atoms with Crippen molar-refractivity contribution < 1.29 is 14.3 Å². The van der Waals surface area contributed by atoms with Crippen molar-refractivity contribution in [1.82, 2.24) is 14.8 Å². The molecule has 2 amide bonds. The fourth-order valence-electron chi connectivity index (χ4n) is 6.00. The smallest absolute Gasteiger partial charge is 0.410 e. The zero-order valence-corrected chi connectivity index (χ0v) is 22.6. The van der Waals surface area contributed by atoms with Crippen molar-refractivity contribution >= 4 is 22.9 Å². The molecule has 1 aliphatic carbocycles. The quantitative estimate of drug-likeness (QED) is 0.563. The average Bonchev–Trinajstić information content (AvgIpc) is 3.14. The molecule has 1 aliphatic heterocycles. The van der Waals surface area contributed by atoms with E-state index >= 15 is 0 Å². The van der Waals surface area contributed by atoms with Gasteiger partial charge in [-0.1, -0.05) is 25.5 Å². The summed E-state index contributed by atoms with van der Waals surface area (Å²) in [6, 6.07) is 6.68. The monoisotopic (exact) mass is 481 g/mol. The van der Waals surface area contributed by atoms with Gasteiger partial charge >= 0.3 is 6.09 Å². The number of fused-ring (bicyclic) bond motifs is 3. The molecule has 1 atom stereocenters. The first-order chi connectivity index (χ1) is 16.4. The van der Waals surface area contributed by atoms with Crippen LogP contribution >= 0.6 is 0 Å². The summed E-state index contributed by atoms with van der Waals surface area (Å²) in [6.45, 7) is 13.7. The molecule has 2 aliphatic rings. The topological polar surface area (TPSA) is 65.6 Å². The van der Waals surface area contributed by atoms with Crippen molar-refractivity contribution in [2.24, 2.45) is 17.8 Å². The second kappa shape index (κ2) is 9.87. The first-order valence-electron chi connectivity index (χ1n) is 13.3. The number of aromatic nitrogens is 1. The molecule has 1 unspecified atom stereocenters. The van der Waals surface area contributed by atoms with Gasteiger partial charge in [-0.25, -0.2) is 4.79 Å². The number of benzene rings is 1. The number of aromatic amines is 1. The van der Waals surface area contributed by atoms with Gasteiger partial charge < -0.3 is 19.5 Å². The highest BCUT2D eigenvalue weighted by Crippen LogP contribution is 2.41. The van der Waals surface area contributed by atoms with Crippen LogP contribution in [0.3, 0.4) is 0 Å². The number of hydrogen-bond donors (Lipinski definition) is 1. The number of nitrogens with zero attached hydrogens (tertiary/aromatic N) is 2. The molecule has 0 saturated heterocycles. The van der Waals surface area contributed by atoms with Crippen LogP contribution in [-0.4, -0.2) is 52.5 Å². The van der Waals surface area contributed by atoms with Crippen molar-refractivity contribution in [2.45, 2.75) is 85.3 Å². The maximum Gasteiger partial charge on any atom is 0.410 e. The Morgan fingerprint density at radius 2 is 1.86 bits per heavy atom. The number of aryl methyl sites for hydroxylation is 1. The number of nitrogens with one attached hydrogen (secondary N) is 1. The molecule has 2 heterocycles. The van der Waals surface area contributed by atoms with Crippen molar-refractivity contribution in [2.75, 3.05) is 20.1 Å². The van der Waals surface area contributed by atoms with E-state index in [1.807, 2.05) is 27.8 Å². The number of ether oxygens (including phenoxy) is 1. The minimum Gasteiger partial charge on any atom is -0.444 e. The summed E-state index contributed by atoms with van der Waals surface area (Å²) in [6.07, 6.45) is 4.37. The normalized spacial score (nSPS) is 22.9. The lowest BCUT2D eigenvalue weighted by atomic mass is 9.80. The zero-order valence-electron chi connectivity index (χ0n) is 22.6. The summed E-state index contributed by atoms with van der Waals surface area (Å²) in [7, 11) is 1.81. The SMILES string of the molecule is Cc1ccc2[nH]c3c(c2c1)CCN(C(=O)C1CCC(CN(C)C(=O)OC(C)(C)C)CC1)C3C(C)C. The van der Waals surface area contributed by atoms with Gasteiger partial charge in [-0.05, 0) is 89.3 Å². The molecular weight excluding hydrogens is 438 g/mol. The molecule has 2 aromatic rings. The van der Waals surface area contributed by atoms with Crippen molar-refractivity contribution in [1.29, 1.82) is 0 Å². The molecule has 35 heavy (non-hydrogen) atoms. The van der Waals surface area contributed by atoms with Gasteiger partial charge in [-0.3, -0.25) is 4.79 Å². The third-order valence-corrected chi connectivity index (χ3v) is 7.68. The minimum absolute atomic E-state index is 0.0764. The molecular formula is C29H43N3O3. The predicted octanol–water partition coefficient (Wildman–Crippen LogP) is 6.23. The number of rotatable bonds is 4. The first-order valence-corrected chi connectivity index (χ1v) is 13.3. The zero-order chi connectivity index (χ0) is 25.5. The second-order valence-corrected chi connectivity index (χ2v) is 12.1. The van der Waals surface area contributed by atoms with Gasteiger partial charge in [0.2, 0.25) is 5.91 Å². The van der Waals surface area contributed by atoms with E-state index in [4.69, 9.17) is 4.74 Å². The fraction of sp³-hybridized carbons (Fsp3) is 0.655. The summed E-state index contributed by atoms with van der Waals surface area (Å²) < 4.78 is 5.49. The molecule has 1 N–H and O–H groups in total. The van der Waals surface area contributed by atoms with E-state index in [-0.39, 0.29) is 18.1 Å². The molecule has 192 valence electrons. The molecule has 6 heteroatoms. The Morgan fingerprint density at radius 1 is 1.17 bits per heavy atom. The Labute approximate surface area is 210 Å². The molecule has 1 aromatic carbocycles. The van der Waals surface area contributed by atoms with E-state index in [1.165, 1.54) is 27.7 Å². The van der Waals surface area contributed by atoms with Crippen LogP contribution in [0.4, 0.5) is 4.79 Å². The van der Waals surface area contributed by atoms with Crippen molar-refractivity contribution in [3.63, 3.8) is 0 Å². The maximum atomic E-state index is 13.8. The summed E-state index contributed by atoms with van der Waals surface area (Å²) in [5.41, 5.74) is 4.58. The van der Waals surface area contributed by atoms with E-state index in [9.17, 15) is 9.59 Å². The Morgan fingerprint density at radius 3 is 2.49 bits per heavy atom. The van der Waals surface area contributed by atoms with Gasteiger partial charge in [-0.2, -0.15) is 0 Å². The summed E-state index contributed by atoms with van der Waals surface area (Å²) in [5.74, 6) is 1.14. The fourth-order valence-corrected chi connectivity index (χ4v) is 6.00. The van der Waals surface area contributed by atoms with Gasteiger partial charge in [0.25, 0.3) is 0 Å². The molecule has 1 saturated carbocycles. The first kappa shape index (κ1) is 25.6. The second-order valence-electron chi connectivity index (χ2n) is 12.1. The molecule has 4 rings (SSSR count). The molecule has 0 spiro atoms. The maximum absolute atomic E-state index is 13.8. The van der Waals surface area contributed by atoms with Crippen molar-refractivity contribution in [3.05, 3.63) is 35.0 Å². The Balaban J connectivity index is 1.41. The van der Waals surface area contributed by atoms with Gasteiger partial charge in [-0.15, -0.1) is 0 Å². The van der Waals surface area contributed by atoms with E-state index in [2.05, 4.69) is 48.9 Å². The van der Waals surface area contributed by atoms with E-state index in [0.29, 0.717) is 24.3 Å². The van der Waals surface area contributed by atoms with Crippen LogP contribution < -0.4 is 0 Å². The van der Waals surface area contributed by atoms with Crippen LogP contribution in [0.1, 0.15) is 83.2 Å². The highest BCUT2D eigenvalue weighted by Gasteiger charge is 2.39. The van der Waals surface area contributed by atoms with Gasteiger partial charge in [0, 0.05) is 42.7 Å². The number of amides is 2. The molecule has 6 nitrogen and oxygen atoms in total. The highest BCUT2D eigenvalue weighted by molar-refractivity contribution is 5.87. The van der Waals surface area contributed by atoms with Crippen molar-refractivity contribution in [3.8, 4) is 0 Å². The largest absolute Gasteiger partial charge is 0.444 e. The Kier molecular flexibility index (Phi) is 7.21. The van der Waals surface area contributed by atoms with Gasteiger partial charge in [0.15, 0.2) is 0 Å². The third kappa shape index (κ3) is 5.52. The number of H-pyrrole nitrogens is 1. The van der Waals surface area contributed by atoms with Crippen LogP contribution in [0.2, 0.25) is 0 Å². The summed E-state index contributed by atoms with van der Waals surface area (Å²) in [4.78, 5) is 33.6. The standard InChI is InChI=1S/C29H43N3O3/c1-18(2)26-25-22(23-16-19(3)8-13-24(23)30-25)14-15-32(26)27(33)21-11-9-20(10-12-21)17-31(7)28(34)35-29(4,5)6/h8,13,16,18,20-21,26,30H,9-12,14-15,17H2,1-7H3. The number of hydrogen-bond acceptors (Lipinski definition) is 3. The van der Waals surface area contributed by atoms with Gasteiger partial charge in [0.1, 0.15) is 5.60 Å². The minimum atomic E-state index is -0.486. The van der Waals surface area contributed by atoms with Gasteiger partial charge in [0.05, 0.1) is 6.04 Å². The summed E-state index contributed by atoms with van der Waals surface area (Å²) >= 11 is 0. The lowest BCUT2D eigenvalue weighted by Gasteiger charge is -2.41. The molecule has 1 aromatic heterocycles. The van der Waals surface area contributed by atoms with Crippen LogP contribution in [0, 0.1) is 24.7 Å². The third-order valence-electron chi connectivity index (χ3n) is 7.68. The average molecular weight is 482 g/mol. The van der Waals surface area contributed by atoms with E-state index < -0.39 is 5.60 Å². The summed E-state index contributed by atoms with van der Waals surface area (Å²) in [5, 5.41) is 1.31. The Bertz CT molecular complexity index is 1070. The predicted molar refractivity (Wildman–Crippen MR) is 140 cm³/mol. The lowest BCUT2D eigenvalue weighted by molar-refractivity contribution is -0.141. The lowest BCUT2D eigenvalue weighted by Crippen LogP contribution is -2.46. The van der Waals surface area contributed by atoms with E-state index in [0.717, 1.165) is 38.6 Å². The number of carbonyl (C=O) groups excluding carboxylic acids is 2. The Hall–Kier alpha value is -2.50. The van der Waals surface area contributed by atoms with Crippen LogP contribution in [0.25, 0.3) is 10.9 Å². The highest BCUT2D eigenvalue weighted by atomic mass is 16.6. The molecule has 0 radical (unpaired) electrons. The van der Waals surface area contributed by atoms with Crippen LogP contribution in [-0.2, 0) is 16.0 Å².